The molecule has 1 amide bonds. The van der Waals surface area contributed by atoms with Gasteiger partial charge in [0, 0.05) is 78.1 Å². The number of hydrogen-bond donors (Lipinski definition) is 4. The SMILES string of the molecule is C#CCOc1ccc(C(=O)c2ccc(CN(C3C[C@@H](NCc4ccc5ncoc5c4)C[C@@H](N(CC)C(=O)c4cc5ccccc5[nH]4)C3)[C@@H]3CCC[C@H](N(CC)C(O)c4cc5ncccc5[nH]4)C3)cc2)cc1. The number of rotatable bonds is 18. The zero-order valence-electron chi connectivity index (χ0n) is 40.5. The molecule has 2 unspecified atom stereocenters. The van der Waals surface area contributed by atoms with E-state index in [0.29, 0.717) is 48.7 Å². The second-order valence-electron chi connectivity index (χ2n) is 19.2. The van der Waals surface area contributed by atoms with Crippen LogP contribution in [0.15, 0.2) is 132 Å². The number of para-hydroxylation sites is 1. The van der Waals surface area contributed by atoms with Crippen molar-refractivity contribution in [2.75, 3.05) is 19.7 Å². The summed E-state index contributed by atoms with van der Waals surface area (Å²) in [5.74, 6) is 3.03. The number of aromatic amines is 2. The molecule has 2 fully saturated rings. The highest BCUT2D eigenvalue weighted by molar-refractivity contribution is 6.09. The van der Waals surface area contributed by atoms with Gasteiger partial charge in [-0.05, 0) is 130 Å². The lowest BCUT2D eigenvalue weighted by Gasteiger charge is -2.49. The Morgan fingerprint density at radius 3 is 2.32 bits per heavy atom. The number of aliphatic hydroxyl groups is 1. The van der Waals surface area contributed by atoms with Crippen molar-refractivity contribution in [1.29, 1.82) is 0 Å². The van der Waals surface area contributed by atoms with Gasteiger partial charge in [0.1, 0.15) is 29.8 Å². The third-order valence-electron chi connectivity index (χ3n) is 14.9. The molecule has 0 spiro atoms. The lowest BCUT2D eigenvalue weighted by atomic mass is 9.81. The van der Waals surface area contributed by atoms with Crippen LogP contribution >= 0.6 is 0 Å². The summed E-state index contributed by atoms with van der Waals surface area (Å²) in [5, 5.41) is 17.0. The second kappa shape index (κ2) is 21.5. The van der Waals surface area contributed by atoms with Gasteiger partial charge in [-0.2, -0.15) is 0 Å². The maximum atomic E-state index is 14.7. The number of amides is 1. The van der Waals surface area contributed by atoms with Crippen LogP contribution < -0.4 is 10.1 Å². The number of carbonyl (C=O) groups is 2. The summed E-state index contributed by atoms with van der Waals surface area (Å²) >= 11 is 0. The number of fused-ring (bicyclic) bond motifs is 3. The molecule has 13 heteroatoms. The minimum absolute atomic E-state index is 0.00268. The summed E-state index contributed by atoms with van der Waals surface area (Å²) < 4.78 is 11.2. The topological polar surface area (TPSA) is 156 Å². The van der Waals surface area contributed by atoms with E-state index in [1.54, 1.807) is 30.5 Å². The smallest absolute Gasteiger partial charge is 0.270 e. The summed E-state index contributed by atoms with van der Waals surface area (Å²) in [6.45, 7) is 6.91. The first kappa shape index (κ1) is 47.6. The number of ether oxygens (including phenoxy) is 1. The van der Waals surface area contributed by atoms with E-state index in [-0.39, 0.29) is 48.5 Å². The molecule has 364 valence electrons. The van der Waals surface area contributed by atoms with Crippen LogP contribution in [0.3, 0.4) is 0 Å². The maximum absolute atomic E-state index is 14.7. The molecule has 10 rings (SSSR count). The van der Waals surface area contributed by atoms with Crippen LogP contribution in [-0.2, 0) is 13.1 Å². The van der Waals surface area contributed by atoms with Gasteiger partial charge < -0.3 is 34.4 Å². The van der Waals surface area contributed by atoms with Crippen molar-refractivity contribution in [3.8, 4) is 18.1 Å². The number of H-pyrrole nitrogens is 2. The van der Waals surface area contributed by atoms with Gasteiger partial charge >= 0.3 is 0 Å². The van der Waals surface area contributed by atoms with Crippen LogP contribution in [0.25, 0.3) is 33.0 Å². The highest BCUT2D eigenvalue weighted by Crippen LogP contribution is 2.37. The summed E-state index contributed by atoms with van der Waals surface area (Å²) in [6, 6.07) is 37.6. The minimum atomic E-state index is -0.819. The van der Waals surface area contributed by atoms with Crippen molar-refractivity contribution in [2.45, 2.75) is 108 Å². The average Bonchev–Trinajstić information content (AvgIpc) is 4.19. The Balaban J connectivity index is 0.962. The lowest BCUT2D eigenvalue weighted by Crippen LogP contribution is -2.57. The molecular weight excluding hydrogens is 889 g/mol. The molecule has 8 aromatic rings. The summed E-state index contributed by atoms with van der Waals surface area (Å²) in [4.78, 5) is 51.2. The quantitative estimate of drug-likeness (QED) is 0.0371. The Morgan fingerprint density at radius 2 is 1.55 bits per heavy atom. The van der Waals surface area contributed by atoms with Gasteiger partial charge in [0.15, 0.2) is 17.8 Å². The van der Waals surface area contributed by atoms with E-state index in [2.05, 4.69) is 84.0 Å². The fourth-order valence-corrected chi connectivity index (χ4v) is 11.3. The molecule has 4 aromatic carbocycles. The number of nitrogens with zero attached hydrogens (tertiary/aromatic N) is 5. The van der Waals surface area contributed by atoms with E-state index in [1.165, 1.54) is 6.39 Å². The number of carbonyl (C=O) groups excluding carboxylic acids is 2. The van der Waals surface area contributed by atoms with Crippen molar-refractivity contribution < 1.29 is 23.8 Å². The summed E-state index contributed by atoms with van der Waals surface area (Å²) in [5.41, 5.74) is 8.99. The molecule has 0 bridgehead atoms. The molecule has 2 aliphatic carbocycles. The molecular formula is C58H62N8O5. The summed E-state index contributed by atoms with van der Waals surface area (Å²) in [6.07, 6.45) is 14.1. The molecule has 0 saturated heterocycles. The highest BCUT2D eigenvalue weighted by atomic mass is 16.5. The summed E-state index contributed by atoms with van der Waals surface area (Å²) in [7, 11) is 0. The van der Waals surface area contributed by atoms with E-state index < -0.39 is 6.23 Å². The number of aliphatic hydroxyl groups excluding tert-OH is 1. The molecule has 6 atom stereocenters. The van der Waals surface area contributed by atoms with Gasteiger partial charge in [0.25, 0.3) is 5.91 Å². The maximum Gasteiger partial charge on any atom is 0.270 e. The van der Waals surface area contributed by atoms with Gasteiger partial charge in [0.2, 0.25) is 0 Å². The predicted molar refractivity (Wildman–Crippen MR) is 277 cm³/mol. The number of pyridine rings is 1. The zero-order valence-corrected chi connectivity index (χ0v) is 40.5. The van der Waals surface area contributed by atoms with Gasteiger partial charge in [-0.15, -0.1) is 6.42 Å². The van der Waals surface area contributed by atoms with E-state index >= 15 is 0 Å². The van der Waals surface area contributed by atoms with Gasteiger partial charge in [-0.25, -0.2) is 4.98 Å². The number of ketones is 1. The van der Waals surface area contributed by atoms with Gasteiger partial charge in [0.05, 0.1) is 16.7 Å². The average molecular weight is 951 g/mol. The van der Waals surface area contributed by atoms with Crippen LogP contribution in [0, 0.1) is 12.3 Å². The highest BCUT2D eigenvalue weighted by Gasteiger charge is 2.41. The molecule has 2 saturated carbocycles. The Kier molecular flexibility index (Phi) is 14.4. The lowest BCUT2D eigenvalue weighted by molar-refractivity contribution is -0.0529. The van der Waals surface area contributed by atoms with Crippen molar-refractivity contribution in [3.05, 3.63) is 161 Å². The first-order chi connectivity index (χ1) is 34.7. The molecule has 4 heterocycles. The standard InChI is InChI=1S/C58H62N8O5/c1-4-27-70-48-23-21-41(22-24-48)56(67)40-19-16-38(17-20-40)36-66(45-13-9-12-44(32-45)64(5-2)58(69)54-34-52-50(63-54)15-10-26-59-52)47-31-43(60-35-39-18-25-51-55(28-39)71-37-61-51)30-46(33-47)65(6-3)57(68)53-29-42-11-7-8-14-49(42)62-53/h1,7-8,10-11,14-26,28-29,34,37,43-47,58,60,62-63,69H,5-6,9,12-13,27,30-33,35-36H2,2-3H3/t43-,44-,45+,46+,47?,58?/m0/s1. The van der Waals surface area contributed by atoms with E-state index in [4.69, 9.17) is 15.6 Å². The largest absolute Gasteiger partial charge is 0.481 e. The monoisotopic (exact) mass is 950 g/mol. The van der Waals surface area contributed by atoms with Gasteiger partial charge in [-0.3, -0.25) is 24.4 Å². The second-order valence-corrected chi connectivity index (χ2v) is 19.2. The number of nitrogens with one attached hydrogen (secondary N) is 3. The molecule has 13 nitrogen and oxygen atoms in total. The van der Waals surface area contributed by atoms with E-state index in [1.807, 2.05) is 66.7 Å². The van der Waals surface area contributed by atoms with Crippen LogP contribution in [0.1, 0.15) is 108 Å². The number of hydrogen-bond acceptors (Lipinski definition) is 10. The number of terminal acetylenes is 1. The van der Waals surface area contributed by atoms with E-state index in [9.17, 15) is 14.7 Å². The normalized spacial score (nSPS) is 19.9. The predicted octanol–water partition coefficient (Wildman–Crippen LogP) is 9.80. The Morgan fingerprint density at radius 1 is 0.803 bits per heavy atom. The van der Waals surface area contributed by atoms with Crippen LogP contribution in [0.2, 0.25) is 0 Å². The van der Waals surface area contributed by atoms with Crippen molar-refractivity contribution in [3.63, 3.8) is 0 Å². The van der Waals surface area contributed by atoms with Crippen LogP contribution in [0.4, 0.5) is 0 Å². The molecule has 2 aliphatic rings. The Bertz CT molecular complexity index is 3070. The van der Waals surface area contributed by atoms with Crippen molar-refractivity contribution >= 4 is 44.7 Å². The van der Waals surface area contributed by atoms with E-state index in [0.717, 1.165) is 94.8 Å². The fourth-order valence-electron chi connectivity index (χ4n) is 11.3. The fraction of sp³-hybridized carbons (Fsp3) is 0.345. The minimum Gasteiger partial charge on any atom is -0.481 e. The number of oxazole rings is 1. The number of aromatic nitrogens is 4. The van der Waals surface area contributed by atoms with Crippen LogP contribution in [0.5, 0.6) is 5.75 Å². The zero-order chi connectivity index (χ0) is 48.8. The van der Waals surface area contributed by atoms with Crippen molar-refractivity contribution in [2.24, 2.45) is 0 Å². The first-order valence-electron chi connectivity index (χ1n) is 25.1. The molecule has 0 radical (unpaired) electrons. The third-order valence-corrected chi connectivity index (χ3v) is 14.9. The van der Waals surface area contributed by atoms with Gasteiger partial charge in [-0.1, -0.05) is 67.8 Å². The van der Waals surface area contributed by atoms with Crippen molar-refractivity contribution in [1.82, 2.24) is 40.0 Å². The first-order valence-corrected chi connectivity index (χ1v) is 25.1. The van der Waals surface area contributed by atoms with Crippen LogP contribution in [-0.4, -0.2) is 101 Å². The molecule has 0 aliphatic heterocycles. The number of benzene rings is 4. The Hall–Kier alpha value is -7.08. The molecule has 71 heavy (non-hydrogen) atoms. The third kappa shape index (κ3) is 10.5. The Labute approximate surface area is 414 Å². The molecule has 4 aromatic heterocycles. The molecule has 4 N–H and O–H groups in total.